The molecule has 1 unspecified atom stereocenters. The van der Waals surface area contributed by atoms with E-state index in [0.29, 0.717) is 24.5 Å². The largest absolute Gasteiger partial charge is 0.508 e. The number of urea groups is 1. The molecule has 0 bridgehead atoms. The van der Waals surface area contributed by atoms with Crippen molar-refractivity contribution in [2.75, 3.05) is 31.6 Å². The van der Waals surface area contributed by atoms with Crippen LogP contribution in [0.5, 0.6) is 11.5 Å². The van der Waals surface area contributed by atoms with E-state index in [4.69, 9.17) is 9.47 Å². The molecule has 2 heterocycles. The van der Waals surface area contributed by atoms with E-state index in [2.05, 4.69) is 10.3 Å². The first-order valence-corrected chi connectivity index (χ1v) is 10.1. The van der Waals surface area contributed by atoms with Crippen LogP contribution in [0.25, 0.3) is 0 Å². The molecule has 9 heteroatoms. The van der Waals surface area contributed by atoms with Crippen molar-refractivity contribution >= 4 is 17.8 Å². The SMILES string of the molecule is CC(C)(C)OC(=O)N1CCN(C(=O)Nc2ccc(O)cc2)C(COc2cccnc2)C1. The molecule has 1 aromatic carbocycles. The second kappa shape index (κ2) is 9.55. The Morgan fingerprint density at radius 2 is 1.94 bits per heavy atom. The lowest BCUT2D eigenvalue weighted by Gasteiger charge is -2.41. The van der Waals surface area contributed by atoms with Crippen LogP contribution in [0.2, 0.25) is 0 Å². The van der Waals surface area contributed by atoms with E-state index in [1.807, 2.05) is 20.8 Å². The summed E-state index contributed by atoms with van der Waals surface area (Å²) in [6.45, 7) is 6.58. The quantitative estimate of drug-likeness (QED) is 0.724. The summed E-state index contributed by atoms with van der Waals surface area (Å²) in [6.07, 6.45) is 2.82. The highest BCUT2D eigenvalue weighted by molar-refractivity contribution is 5.89. The molecule has 2 N–H and O–H groups in total. The summed E-state index contributed by atoms with van der Waals surface area (Å²) < 4.78 is 11.3. The molecule has 0 radical (unpaired) electrons. The molecule has 0 saturated carbocycles. The van der Waals surface area contributed by atoms with Crippen molar-refractivity contribution in [3.8, 4) is 11.5 Å². The van der Waals surface area contributed by atoms with E-state index in [9.17, 15) is 14.7 Å². The first kappa shape index (κ1) is 22.2. The molecule has 31 heavy (non-hydrogen) atoms. The summed E-state index contributed by atoms with van der Waals surface area (Å²) in [6, 6.07) is 9.07. The topological polar surface area (TPSA) is 104 Å². The first-order chi connectivity index (χ1) is 14.7. The maximum absolute atomic E-state index is 12.9. The number of nitrogens with one attached hydrogen (secondary N) is 1. The minimum atomic E-state index is -0.605. The Kier molecular flexibility index (Phi) is 6.84. The van der Waals surface area contributed by atoms with Gasteiger partial charge in [0, 0.05) is 31.5 Å². The number of phenolic OH excluding ortho intramolecular Hbond substituents is 1. The Morgan fingerprint density at radius 1 is 1.19 bits per heavy atom. The number of pyridine rings is 1. The van der Waals surface area contributed by atoms with Crippen LogP contribution >= 0.6 is 0 Å². The van der Waals surface area contributed by atoms with Gasteiger partial charge in [0.1, 0.15) is 23.7 Å². The second-order valence-electron chi connectivity index (χ2n) is 8.25. The Hall–Kier alpha value is -3.49. The molecule has 3 amide bonds. The van der Waals surface area contributed by atoms with Crippen molar-refractivity contribution in [2.45, 2.75) is 32.4 Å². The smallest absolute Gasteiger partial charge is 0.410 e. The number of piperazine rings is 1. The lowest BCUT2D eigenvalue weighted by atomic mass is 10.2. The number of benzene rings is 1. The standard InChI is InChI=1S/C22H28N4O5/c1-22(2,3)31-21(29)25-11-12-26(20(28)24-16-6-8-18(27)9-7-16)17(14-25)15-30-19-5-4-10-23-13-19/h4-10,13,17,27H,11-12,14-15H2,1-3H3,(H,24,28). The van der Waals surface area contributed by atoms with Crippen LogP contribution in [0.1, 0.15) is 20.8 Å². The van der Waals surface area contributed by atoms with Crippen LogP contribution in [0.4, 0.5) is 15.3 Å². The number of nitrogens with zero attached hydrogens (tertiary/aromatic N) is 3. The molecule has 1 saturated heterocycles. The highest BCUT2D eigenvalue weighted by atomic mass is 16.6. The lowest BCUT2D eigenvalue weighted by Crippen LogP contribution is -2.59. The van der Waals surface area contributed by atoms with Crippen molar-refractivity contribution in [3.05, 3.63) is 48.8 Å². The molecule has 1 aromatic heterocycles. The number of anilines is 1. The fourth-order valence-electron chi connectivity index (χ4n) is 3.12. The maximum Gasteiger partial charge on any atom is 0.410 e. The number of hydrogen-bond donors (Lipinski definition) is 2. The summed E-state index contributed by atoms with van der Waals surface area (Å²) in [5.74, 6) is 0.697. The van der Waals surface area contributed by atoms with Crippen molar-refractivity contribution in [1.29, 1.82) is 0 Å². The number of aromatic hydroxyl groups is 1. The molecular formula is C22H28N4O5. The highest BCUT2D eigenvalue weighted by Crippen LogP contribution is 2.19. The fraction of sp³-hybridized carbons (Fsp3) is 0.409. The van der Waals surface area contributed by atoms with Gasteiger partial charge in [0.05, 0.1) is 12.2 Å². The summed E-state index contributed by atoms with van der Waals surface area (Å²) in [4.78, 5) is 32.7. The number of carbonyl (C=O) groups is 2. The number of hydrogen-bond acceptors (Lipinski definition) is 6. The summed E-state index contributed by atoms with van der Waals surface area (Å²) >= 11 is 0. The van der Waals surface area contributed by atoms with E-state index in [-0.39, 0.29) is 24.9 Å². The van der Waals surface area contributed by atoms with Crippen LogP contribution < -0.4 is 10.1 Å². The highest BCUT2D eigenvalue weighted by Gasteiger charge is 2.35. The zero-order chi connectivity index (χ0) is 22.4. The van der Waals surface area contributed by atoms with Gasteiger partial charge in [-0.15, -0.1) is 0 Å². The lowest BCUT2D eigenvalue weighted by molar-refractivity contribution is 0.00539. The van der Waals surface area contributed by atoms with E-state index >= 15 is 0 Å². The Morgan fingerprint density at radius 3 is 2.58 bits per heavy atom. The minimum absolute atomic E-state index is 0.117. The third kappa shape index (κ3) is 6.50. The van der Waals surface area contributed by atoms with Crippen LogP contribution in [0.3, 0.4) is 0 Å². The van der Waals surface area contributed by atoms with E-state index in [1.165, 1.54) is 12.1 Å². The minimum Gasteiger partial charge on any atom is -0.508 e. The zero-order valence-corrected chi connectivity index (χ0v) is 17.9. The number of carbonyl (C=O) groups excluding carboxylic acids is 2. The van der Waals surface area contributed by atoms with Gasteiger partial charge in [0.2, 0.25) is 0 Å². The van der Waals surface area contributed by atoms with E-state index < -0.39 is 17.7 Å². The summed E-state index contributed by atoms with van der Waals surface area (Å²) in [5.41, 5.74) is -0.0455. The zero-order valence-electron chi connectivity index (χ0n) is 17.9. The van der Waals surface area contributed by atoms with Gasteiger partial charge in [-0.2, -0.15) is 0 Å². The summed E-state index contributed by atoms with van der Waals surface area (Å²) in [7, 11) is 0. The van der Waals surface area contributed by atoms with Gasteiger partial charge in [-0.1, -0.05) is 0 Å². The van der Waals surface area contributed by atoms with E-state index in [0.717, 1.165) is 0 Å². The van der Waals surface area contributed by atoms with Gasteiger partial charge in [0.25, 0.3) is 0 Å². The molecule has 1 aliphatic rings. The van der Waals surface area contributed by atoms with Crippen molar-refractivity contribution in [3.63, 3.8) is 0 Å². The normalized spacial score (nSPS) is 16.5. The molecule has 1 atom stereocenters. The average molecular weight is 428 g/mol. The molecule has 2 aromatic rings. The summed E-state index contributed by atoms with van der Waals surface area (Å²) in [5, 5.41) is 12.3. The van der Waals surface area contributed by atoms with Gasteiger partial charge in [0.15, 0.2) is 0 Å². The predicted molar refractivity (Wildman–Crippen MR) is 115 cm³/mol. The molecule has 166 valence electrons. The Balaban J connectivity index is 1.70. The molecule has 1 aliphatic heterocycles. The van der Waals surface area contributed by atoms with Crippen molar-refractivity contribution in [1.82, 2.24) is 14.8 Å². The Bertz CT molecular complexity index is 883. The molecule has 9 nitrogen and oxygen atoms in total. The second-order valence-corrected chi connectivity index (χ2v) is 8.25. The monoisotopic (exact) mass is 428 g/mol. The van der Waals surface area contributed by atoms with Gasteiger partial charge < -0.3 is 29.7 Å². The van der Waals surface area contributed by atoms with Gasteiger partial charge in [-0.05, 0) is 57.2 Å². The van der Waals surface area contributed by atoms with E-state index in [1.54, 1.807) is 46.5 Å². The predicted octanol–water partition coefficient (Wildman–Crippen LogP) is 3.32. The maximum atomic E-state index is 12.9. The van der Waals surface area contributed by atoms with Crippen molar-refractivity contribution in [2.24, 2.45) is 0 Å². The van der Waals surface area contributed by atoms with Gasteiger partial charge in [-0.3, -0.25) is 4.98 Å². The van der Waals surface area contributed by atoms with Crippen LogP contribution in [0, 0.1) is 0 Å². The fourth-order valence-corrected chi connectivity index (χ4v) is 3.12. The number of ether oxygens (including phenoxy) is 2. The number of amides is 3. The first-order valence-electron chi connectivity index (χ1n) is 10.1. The van der Waals surface area contributed by atoms with Crippen molar-refractivity contribution < 1.29 is 24.2 Å². The third-order valence-electron chi connectivity index (χ3n) is 4.59. The number of phenols is 1. The average Bonchev–Trinajstić information content (AvgIpc) is 2.73. The molecule has 0 aliphatic carbocycles. The van der Waals surface area contributed by atoms with Crippen LogP contribution in [-0.4, -0.2) is 69.9 Å². The van der Waals surface area contributed by atoms with Crippen LogP contribution in [-0.2, 0) is 4.74 Å². The Labute approximate surface area is 181 Å². The molecule has 0 spiro atoms. The van der Waals surface area contributed by atoms with Gasteiger partial charge >= 0.3 is 12.1 Å². The molecule has 3 rings (SSSR count). The number of rotatable bonds is 4. The third-order valence-corrected chi connectivity index (χ3v) is 4.59. The van der Waals surface area contributed by atoms with Gasteiger partial charge in [-0.25, -0.2) is 9.59 Å². The molecule has 1 fully saturated rings. The molecular weight excluding hydrogens is 400 g/mol. The van der Waals surface area contributed by atoms with Crippen LogP contribution in [0.15, 0.2) is 48.8 Å². The number of aromatic nitrogens is 1.